The van der Waals surface area contributed by atoms with Gasteiger partial charge in [-0.25, -0.2) is 8.42 Å². The monoisotopic (exact) mass is 246 g/mol. The summed E-state index contributed by atoms with van der Waals surface area (Å²) in [4.78, 5) is 2.26. The maximum Gasteiger partial charge on any atom is 0.151 e. The Morgan fingerprint density at radius 2 is 2.12 bits per heavy atom. The largest absolute Gasteiger partial charge is 0.319 e. The van der Waals surface area contributed by atoms with Gasteiger partial charge in [0.25, 0.3) is 0 Å². The van der Waals surface area contributed by atoms with Crippen molar-refractivity contribution < 1.29 is 8.42 Å². The van der Waals surface area contributed by atoms with Gasteiger partial charge in [-0.05, 0) is 38.8 Å². The third-order valence-electron chi connectivity index (χ3n) is 3.93. The molecule has 2 rings (SSSR count). The Morgan fingerprint density at radius 3 is 2.56 bits per heavy atom. The van der Waals surface area contributed by atoms with E-state index in [1.165, 1.54) is 12.8 Å². The van der Waals surface area contributed by atoms with E-state index in [2.05, 4.69) is 17.3 Å². The molecule has 0 aromatic rings. The fraction of sp³-hybridized carbons (Fsp3) is 1.00. The topological polar surface area (TPSA) is 49.4 Å². The van der Waals surface area contributed by atoms with Gasteiger partial charge < -0.3 is 10.2 Å². The Balaban J connectivity index is 1.87. The number of rotatable bonds is 5. The molecule has 1 saturated heterocycles. The molecule has 0 aromatic heterocycles. The van der Waals surface area contributed by atoms with Crippen molar-refractivity contribution in [3.05, 3.63) is 0 Å². The van der Waals surface area contributed by atoms with Gasteiger partial charge in [0.15, 0.2) is 9.84 Å². The first-order valence-electron chi connectivity index (χ1n) is 6.02. The van der Waals surface area contributed by atoms with Crippen molar-refractivity contribution >= 4 is 9.84 Å². The third-order valence-corrected chi connectivity index (χ3v) is 5.68. The molecule has 0 bridgehead atoms. The average molecular weight is 246 g/mol. The van der Waals surface area contributed by atoms with E-state index in [1.807, 2.05) is 7.05 Å². The van der Waals surface area contributed by atoms with Gasteiger partial charge in [-0.2, -0.15) is 0 Å². The second kappa shape index (κ2) is 4.27. The van der Waals surface area contributed by atoms with Crippen LogP contribution in [0.2, 0.25) is 0 Å². The van der Waals surface area contributed by atoms with E-state index in [1.54, 1.807) is 0 Å². The Morgan fingerprint density at radius 1 is 1.44 bits per heavy atom. The Hall–Kier alpha value is -0.130. The molecule has 1 N–H and O–H groups in total. The first-order chi connectivity index (χ1) is 7.46. The van der Waals surface area contributed by atoms with Crippen LogP contribution in [0.3, 0.4) is 0 Å². The molecule has 1 aliphatic carbocycles. The summed E-state index contributed by atoms with van der Waals surface area (Å²) in [5, 5.41) is 3.24. The van der Waals surface area contributed by atoms with Crippen LogP contribution in [0.5, 0.6) is 0 Å². The van der Waals surface area contributed by atoms with E-state index in [0.717, 1.165) is 19.5 Å². The van der Waals surface area contributed by atoms with Crippen molar-refractivity contribution in [2.24, 2.45) is 5.41 Å². The van der Waals surface area contributed by atoms with Gasteiger partial charge in [0.05, 0.1) is 11.5 Å². The van der Waals surface area contributed by atoms with Crippen LogP contribution in [-0.4, -0.2) is 58.1 Å². The summed E-state index contributed by atoms with van der Waals surface area (Å²) in [6.07, 6.45) is 3.36. The van der Waals surface area contributed by atoms with Gasteiger partial charge in [-0.15, -0.1) is 0 Å². The van der Waals surface area contributed by atoms with Crippen LogP contribution in [0.4, 0.5) is 0 Å². The zero-order chi connectivity index (χ0) is 11.8. The maximum atomic E-state index is 11.4. The minimum absolute atomic E-state index is 0.249. The van der Waals surface area contributed by atoms with Crippen LogP contribution in [0, 0.1) is 5.41 Å². The highest BCUT2D eigenvalue weighted by atomic mass is 32.2. The van der Waals surface area contributed by atoms with E-state index in [0.29, 0.717) is 16.9 Å². The second-order valence-corrected chi connectivity index (χ2v) is 7.73. The standard InChI is InChI=1S/C11H22N2O2S/c1-12-8-11(4-5-11)9-13(2)10-3-6-16(14,15)7-10/h10,12H,3-9H2,1-2H3. The molecule has 0 radical (unpaired) electrons. The van der Waals surface area contributed by atoms with Crippen LogP contribution < -0.4 is 5.32 Å². The highest BCUT2D eigenvalue weighted by Crippen LogP contribution is 2.45. The minimum Gasteiger partial charge on any atom is -0.319 e. The van der Waals surface area contributed by atoms with Crippen LogP contribution in [0.15, 0.2) is 0 Å². The number of nitrogens with zero attached hydrogens (tertiary/aromatic N) is 1. The van der Waals surface area contributed by atoms with Crippen LogP contribution in [-0.2, 0) is 9.84 Å². The van der Waals surface area contributed by atoms with Crippen LogP contribution >= 0.6 is 0 Å². The predicted molar refractivity (Wildman–Crippen MR) is 65.3 cm³/mol. The molecule has 16 heavy (non-hydrogen) atoms. The molecule has 2 fully saturated rings. The van der Waals surface area contributed by atoms with Crippen molar-refractivity contribution in [2.45, 2.75) is 25.3 Å². The maximum absolute atomic E-state index is 11.4. The molecule has 1 aliphatic heterocycles. The third kappa shape index (κ3) is 2.76. The summed E-state index contributed by atoms with van der Waals surface area (Å²) in [5.41, 5.74) is 0.426. The van der Waals surface area contributed by atoms with Gasteiger partial charge in [-0.1, -0.05) is 0 Å². The Kier molecular flexibility index (Phi) is 3.29. The lowest BCUT2D eigenvalue weighted by molar-refractivity contribution is 0.209. The molecule has 0 amide bonds. The van der Waals surface area contributed by atoms with Crippen molar-refractivity contribution in [2.75, 3.05) is 38.7 Å². The Labute approximate surface area is 98.3 Å². The normalized spacial score (nSPS) is 30.8. The summed E-state index contributed by atoms with van der Waals surface area (Å²) in [7, 11) is 1.31. The van der Waals surface area contributed by atoms with E-state index in [-0.39, 0.29) is 6.04 Å². The molecule has 0 spiro atoms. The molecular formula is C11H22N2O2S. The highest BCUT2D eigenvalue weighted by molar-refractivity contribution is 7.91. The number of hydrogen-bond donors (Lipinski definition) is 1. The molecular weight excluding hydrogens is 224 g/mol. The summed E-state index contributed by atoms with van der Waals surface area (Å²) in [6.45, 7) is 2.09. The molecule has 94 valence electrons. The van der Waals surface area contributed by atoms with Gasteiger partial charge in [-0.3, -0.25) is 0 Å². The number of hydrogen-bond acceptors (Lipinski definition) is 4. The number of nitrogens with one attached hydrogen (secondary N) is 1. The summed E-state index contributed by atoms with van der Waals surface area (Å²) < 4.78 is 22.8. The molecule has 4 nitrogen and oxygen atoms in total. The highest BCUT2D eigenvalue weighted by Gasteiger charge is 2.44. The van der Waals surface area contributed by atoms with E-state index < -0.39 is 9.84 Å². The smallest absolute Gasteiger partial charge is 0.151 e. The lowest BCUT2D eigenvalue weighted by Crippen LogP contribution is -2.39. The fourth-order valence-electron chi connectivity index (χ4n) is 2.72. The molecule has 1 unspecified atom stereocenters. The van der Waals surface area contributed by atoms with Crippen molar-refractivity contribution in [1.82, 2.24) is 10.2 Å². The first kappa shape index (κ1) is 12.3. The van der Waals surface area contributed by atoms with Crippen molar-refractivity contribution in [3.63, 3.8) is 0 Å². The van der Waals surface area contributed by atoms with Crippen molar-refractivity contribution in [3.8, 4) is 0 Å². The Bertz CT molecular complexity index is 349. The fourth-order valence-corrected chi connectivity index (χ4v) is 4.53. The zero-order valence-corrected chi connectivity index (χ0v) is 11.0. The summed E-state index contributed by atoms with van der Waals surface area (Å²) in [6, 6.07) is 0.249. The average Bonchev–Trinajstić information content (AvgIpc) is 2.82. The van der Waals surface area contributed by atoms with E-state index in [9.17, 15) is 8.42 Å². The van der Waals surface area contributed by atoms with Gasteiger partial charge in [0.2, 0.25) is 0 Å². The molecule has 5 heteroatoms. The quantitative estimate of drug-likeness (QED) is 0.748. The molecule has 1 saturated carbocycles. The lowest BCUT2D eigenvalue weighted by Gasteiger charge is -2.28. The van der Waals surface area contributed by atoms with Gasteiger partial charge in [0.1, 0.15) is 0 Å². The van der Waals surface area contributed by atoms with E-state index in [4.69, 9.17) is 0 Å². The zero-order valence-electron chi connectivity index (χ0n) is 10.2. The summed E-state index contributed by atoms with van der Waals surface area (Å²) in [5.74, 6) is 0.736. The molecule has 1 heterocycles. The SMILES string of the molecule is CNCC1(CN(C)C2CCS(=O)(=O)C2)CC1. The van der Waals surface area contributed by atoms with Gasteiger partial charge >= 0.3 is 0 Å². The predicted octanol–water partition coefficient (Wildman–Crippen LogP) is 0.105. The van der Waals surface area contributed by atoms with E-state index >= 15 is 0 Å². The summed E-state index contributed by atoms with van der Waals surface area (Å²) >= 11 is 0. The van der Waals surface area contributed by atoms with Crippen LogP contribution in [0.25, 0.3) is 0 Å². The molecule has 0 aromatic carbocycles. The molecule has 2 aliphatic rings. The number of sulfone groups is 1. The molecule has 1 atom stereocenters. The van der Waals surface area contributed by atoms with Crippen LogP contribution in [0.1, 0.15) is 19.3 Å². The minimum atomic E-state index is -2.75. The first-order valence-corrected chi connectivity index (χ1v) is 7.84. The van der Waals surface area contributed by atoms with Gasteiger partial charge in [0, 0.05) is 19.1 Å². The van der Waals surface area contributed by atoms with Crippen molar-refractivity contribution in [1.29, 1.82) is 0 Å². The second-order valence-electron chi connectivity index (χ2n) is 5.50. The lowest BCUT2D eigenvalue weighted by atomic mass is 10.1.